The molecule has 0 saturated heterocycles. The summed E-state index contributed by atoms with van der Waals surface area (Å²) in [6, 6.07) is 15.7. The molecule has 2 amide bonds. The van der Waals surface area contributed by atoms with Crippen LogP contribution in [-0.2, 0) is 22.6 Å². The maximum atomic E-state index is 12.3. The third-order valence-corrected chi connectivity index (χ3v) is 5.53. The molecule has 2 aromatic carbocycles. The molecule has 0 atom stereocenters. The molecule has 0 fully saturated rings. The van der Waals surface area contributed by atoms with Crippen LogP contribution >= 0.6 is 0 Å². The Bertz CT molecular complexity index is 1060. The van der Waals surface area contributed by atoms with E-state index in [1.165, 1.54) is 0 Å². The van der Waals surface area contributed by atoms with E-state index in [-0.39, 0.29) is 24.3 Å². The molecule has 218 valence electrons. The van der Waals surface area contributed by atoms with Crippen LogP contribution in [0.2, 0.25) is 0 Å². The number of benzene rings is 2. The number of amides is 2. The lowest BCUT2D eigenvalue weighted by molar-refractivity contribution is 0.0161. The van der Waals surface area contributed by atoms with Gasteiger partial charge in [0.1, 0.15) is 11.2 Å². The van der Waals surface area contributed by atoms with E-state index in [2.05, 4.69) is 5.32 Å². The third kappa shape index (κ3) is 12.3. The largest absolute Gasteiger partial charge is 0.444 e. The molecule has 8 heteroatoms. The number of nitrogens with zero attached hydrogens (tertiary/aromatic N) is 2. The smallest absolute Gasteiger partial charge is 0.410 e. The Labute approximate surface area is 235 Å². The maximum absolute atomic E-state index is 12.3. The van der Waals surface area contributed by atoms with Crippen LogP contribution in [0.15, 0.2) is 48.5 Å². The molecule has 3 N–H and O–H groups in total. The van der Waals surface area contributed by atoms with Crippen molar-refractivity contribution in [2.24, 2.45) is 0 Å². The first kappa shape index (κ1) is 33.6. The first-order valence-corrected chi connectivity index (χ1v) is 13.5. The van der Waals surface area contributed by atoms with Crippen LogP contribution < -0.4 is 11.1 Å². The summed E-state index contributed by atoms with van der Waals surface area (Å²) in [7, 11) is 1.88. The van der Waals surface area contributed by atoms with Gasteiger partial charge in [0.2, 0.25) is 0 Å². The lowest BCUT2D eigenvalue weighted by Crippen LogP contribution is -2.40. The number of ether oxygens (including phenoxy) is 2. The summed E-state index contributed by atoms with van der Waals surface area (Å²) in [4.78, 5) is 27.9. The van der Waals surface area contributed by atoms with Crippen LogP contribution in [0.5, 0.6) is 0 Å². The van der Waals surface area contributed by atoms with Crippen molar-refractivity contribution in [1.29, 1.82) is 0 Å². The minimum Gasteiger partial charge on any atom is -0.444 e. The fourth-order valence-corrected chi connectivity index (χ4v) is 3.50. The van der Waals surface area contributed by atoms with E-state index >= 15 is 0 Å². The minimum atomic E-state index is -0.494. The third-order valence-electron chi connectivity index (χ3n) is 5.53. The van der Waals surface area contributed by atoms with Crippen molar-refractivity contribution in [3.8, 4) is 0 Å². The maximum Gasteiger partial charge on any atom is 0.410 e. The lowest BCUT2D eigenvalue weighted by atomic mass is 10.1. The number of hydrogen-bond donors (Lipinski definition) is 2. The zero-order valence-corrected chi connectivity index (χ0v) is 25.8. The van der Waals surface area contributed by atoms with Crippen molar-refractivity contribution in [2.45, 2.75) is 106 Å². The van der Waals surface area contributed by atoms with Crippen LogP contribution in [0.3, 0.4) is 0 Å². The van der Waals surface area contributed by atoms with Gasteiger partial charge in [-0.15, -0.1) is 0 Å². The number of anilines is 2. The Morgan fingerprint density at radius 2 is 1.13 bits per heavy atom. The SMILES string of the molecule is CC(C)N(Cc1ccccc1N)C(=O)OC(C)(C)C.CNc1ccccc1CN(C(=O)OC(C)(C)C)C(C)C. The predicted molar refractivity (Wildman–Crippen MR) is 161 cm³/mol. The van der Waals surface area contributed by atoms with E-state index in [4.69, 9.17) is 15.2 Å². The van der Waals surface area contributed by atoms with Crippen LogP contribution in [0, 0.1) is 0 Å². The number of carbonyl (C=O) groups is 2. The first-order chi connectivity index (χ1) is 17.9. The first-order valence-electron chi connectivity index (χ1n) is 13.5. The van der Waals surface area contributed by atoms with Crippen molar-refractivity contribution in [3.05, 3.63) is 59.7 Å². The molecule has 0 aromatic heterocycles. The summed E-state index contributed by atoms with van der Waals surface area (Å²) < 4.78 is 10.9. The van der Waals surface area contributed by atoms with Crippen molar-refractivity contribution < 1.29 is 19.1 Å². The topological polar surface area (TPSA) is 97.1 Å². The van der Waals surface area contributed by atoms with Gasteiger partial charge in [0, 0.05) is 30.5 Å². The van der Waals surface area contributed by atoms with Crippen molar-refractivity contribution >= 4 is 23.6 Å². The highest BCUT2D eigenvalue weighted by molar-refractivity contribution is 5.69. The van der Waals surface area contributed by atoms with Gasteiger partial charge in [-0.25, -0.2) is 9.59 Å². The van der Waals surface area contributed by atoms with E-state index in [0.29, 0.717) is 18.8 Å². The number of hydrogen-bond acceptors (Lipinski definition) is 6. The fourth-order valence-electron chi connectivity index (χ4n) is 3.50. The van der Waals surface area contributed by atoms with E-state index in [0.717, 1.165) is 16.8 Å². The Kier molecular flexibility index (Phi) is 12.6. The van der Waals surface area contributed by atoms with Gasteiger partial charge in [0.15, 0.2) is 0 Å². The number of para-hydroxylation sites is 2. The van der Waals surface area contributed by atoms with Gasteiger partial charge in [0.25, 0.3) is 0 Å². The van der Waals surface area contributed by atoms with Crippen molar-refractivity contribution in [2.75, 3.05) is 18.1 Å². The summed E-state index contributed by atoms with van der Waals surface area (Å²) in [5.74, 6) is 0. The van der Waals surface area contributed by atoms with Gasteiger partial charge in [-0.05, 0) is 92.5 Å². The zero-order chi connectivity index (χ0) is 30.0. The molecule has 0 aliphatic heterocycles. The zero-order valence-electron chi connectivity index (χ0n) is 25.8. The summed E-state index contributed by atoms with van der Waals surface area (Å²) >= 11 is 0. The Hall–Kier alpha value is -3.42. The Balaban J connectivity index is 0.000000391. The number of carbonyl (C=O) groups excluding carboxylic acids is 2. The standard InChI is InChI=1S/C16H26N2O2.C15H24N2O2/c1-12(2)18(15(19)20-16(3,4)5)11-13-9-7-8-10-14(13)17-6;1-11(2)17(14(18)19-15(3,4)5)10-12-8-6-7-9-13(12)16/h7-10,12,17H,11H2,1-6H3;6-9,11H,10,16H2,1-5H3. The molecule has 8 nitrogen and oxygen atoms in total. The predicted octanol–water partition coefficient (Wildman–Crippen LogP) is 7.29. The van der Waals surface area contributed by atoms with Crippen LogP contribution in [0.25, 0.3) is 0 Å². The van der Waals surface area contributed by atoms with E-state index in [1.807, 2.05) is 125 Å². The summed E-state index contributed by atoms with van der Waals surface area (Å²) in [6.45, 7) is 20.1. The molecule has 0 unspecified atom stereocenters. The molecule has 0 radical (unpaired) electrons. The molecular weight excluding hydrogens is 492 g/mol. The Morgan fingerprint density at radius 1 is 0.744 bits per heavy atom. The van der Waals surface area contributed by atoms with Crippen molar-refractivity contribution in [3.63, 3.8) is 0 Å². The van der Waals surface area contributed by atoms with Gasteiger partial charge >= 0.3 is 12.2 Å². The van der Waals surface area contributed by atoms with Crippen molar-refractivity contribution in [1.82, 2.24) is 9.80 Å². The molecule has 2 rings (SSSR count). The fraction of sp³-hybridized carbons (Fsp3) is 0.548. The number of nitrogens with two attached hydrogens (primary N) is 1. The highest BCUT2D eigenvalue weighted by Crippen LogP contribution is 2.21. The van der Waals surface area contributed by atoms with E-state index in [9.17, 15) is 9.59 Å². The summed E-state index contributed by atoms with van der Waals surface area (Å²) in [6.07, 6.45) is -0.593. The quantitative estimate of drug-likeness (QED) is 0.357. The van der Waals surface area contributed by atoms with Crippen LogP contribution in [0.1, 0.15) is 80.4 Å². The molecule has 0 aliphatic carbocycles. The Morgan fingerprint density at radius 3 is 1.51 bits per heavy atom. The monoisotopic (exact) mass is 542 g/mol. The van der Waals surface area contributed by atoms with Gasteiger partial charge in [-0.2, -0.15) is 0 Å². The lowest BCUT2D eigenvalue weighted by Gasteiger charge is -2.30. The second-order valence-corrected chi connectivity index (χ2v) is 12.0. The molecule has 0 aliphatic rings. The molecule has 0 saturated carbocycles. The minimum absolute atomic E-state index is 0.0504. The molecule has 39 heavy (non-hydrogen) atoms. The second-order valence-electron chi connectivity index (χ2n) is 12.0. The van der Waals surface area contributed by atoms with E-state index in [1.54, 1.807) is 9.80 Å². The number of nitrogens with one attached hydrogen (secondary N) is 1. The molecule has 0 heterocycles. The highest BCUT2D eigenvalue weighted by atomic mass is 16.6. The van der Waals surface area contributed by atoms with E-state index < -0.39 is 11.2 Å². The average Bonchev–Trinajstić information content (AvgIpc) is 2.79. The number of rotatable bonds is 7. The second kappa shape index (κ2) is 14.7. The highest BCUT2D eigenvalue weighted by Gasteiger charge is 2.26. The van der Waals surface area contributed by atoms with Gasteiger partial charge in [0.05, 0.1) is 13.1 Å². The van der Waals surface area contributed by atoms with Crippen LogP contribution in [-0.4, -0.2) is 52.3 Å². The number of nitrogen functional groups attached to an aromatic ring is 1. The molecule has 0 bridgehead atoms. The summed E-state index contributed by atoms with van der Waals surface area (Å²) in [5, 5.41) is 3.15. The van der Waals surface area contributed by atoms with Gasteiger partial charge < -0.3 is 30.3 Å². The molecule has 2 aromatic rings. The average molecular weight is 543 g/mol. The van der Waals surface area contributed by atoms with Crippen LogP contribution in [0.4, 0.5) is 21.0 Å². The van der Waals surface area contributed by atoms with Gasteiger partial charge in [-0.3, -0.25) is 0 Å². The normalized spacial score (nSPS) is 11.4. The van der Waals surface area contributed by atoms with Gasteiger partial charge in [-0.1, -0.05) is 36.4 Å². The molecule has 0 spiro atoms. The molecular formula is C31H50N4O4. The summed E-state index contributed by atoms with van der Waals surface area (Å²) in [5.41, 5.74) is 8.68.